The van der Waals surface area contributed by atoms with E-state index in [9.17, 15) is 9.59 Å². The highest BCUT2D eigenvalue weighted by Crippen LogP contribution is 2.27. The fourth-order valence-electron chi connectivity index (χ4n) is 2.71. The molecule has 3 heteroatoms. The van der Waals surface area contributed by atoms with Crippen LogP contribution in [0, 0.1) is 0 Å². The van der Waals surface area contributed by atoms with Gasteiger partial charge < -0.3 is 4.74 Å². The van der Waals surface area contributed by atoms with E-state index in [-0.39, 0.29) is 11.6 Å². The maximum absolute atomic E-state index is 12.2. The number of carbonyl (C=O) groups is 2. The van der Waals surface area contributed by atoms with E-state index in [1.807, 2.05) is 0 Å². The van der Waals surface area contributed by atoms with Crippen LogP contribution in [-0.4, -0.2) is 25.3 Å². The van der Waals surface area contributed by atoms with Gasteiger partial charge in [0, 0.05) is 36.0 Å². The number of carbonyl (C=O) groups excluding carboxylic acids is 2. The molecule has 21 heavy (non-hydrogen) atoms. The van der Waals surface area contributed by atoms with E-state index in [4.69, 9.17) is 4.74 Å². The molecule has 0 aromatic heterocycles. The summed E-state index contributed by atoms with van der Waals surface area (Å²) < 4.78 is 5.02. The number of methoxy groups -OCH3 is 1. The first-order valence-electron chi connectivity index (χ1n) is 7.96. The van der Waals surface area contributed by atoms with Gasteiger partial charge in [0.1, 0.15) is 0 Å². The molecule has 1 aliphatic rings. The monoisotopic (exact) mass is 292 g/mol. The van der Waals surface area contributed by atoms with Crippen molar-refractivity contribution in [3.05, 3.63) is 22.3 Å². The van der Waals surface area contributed by atoms with Crippen molar-refractivity contribution in [3.8, 4) is 0 Å². The molecule has 0 amide bonds. The maximum Gasteiger partial charge on any atom is 0.185 e. The Bertz CT molecular complexity index is 455. The van der Waals surface area contributed by atoms with E-state index in [0.29, 0.717) is 16.7 Å². The minimum atomic E-state index is 0.0432. The van der Waals surface area contributed by atoms with Gasteiger partial charge in [0.25, 0.3) is 0 Å². The van der Waals surface area contributed by atoms with Gasteiger partial charge in [0.15, 0.2) is 11.6 Å². The smallest absolute Gasteiger partial charge is 0.185 e. The van der Waals surface area contributed by atoms with Crippen molar-refractivity contribution in [2.45, 2.75) is 65.7 Å². The third-order valence-corrected chi connectivity index (χ3v) is 4.34. The zero-order valence-electron chi connectivity index (χ0n) is 13.9. The molecule has 0 aliphatic heterocycles. The Kier molecular flexibility index (Phi) is 7.58. The number of unbranched alkanes of at least 4 members (excludes halogenated alkanes) is 5. The van der Waals surface area contributed by atoms with Crippen molar-refractivity contribution < 1.29 is 14.3 Å². The summed E-state index contributed by atoms with van der Waals surface area (Å²) in [7, 11) is 1.73. The van der Waals surface area contributed by atoms with Crippen LogP contribution in [0.4, 0.5) is 0 Å². The van der Waals surface area contributed by atoms with Crippen molar-refractivity contribution in [1.82, 2.24) is 0 Å². The van der Waals surface area contributed by atoms with Crippen LogP contribution >= 0.6 is 0 Å². The molecule has 1 rings (SSSR count). The molecule has 1 aliphatic carbocycles. The fraction of sp³-hybridized carbons (Fsp3) is 0.667. The summed E-state index contributed by atoms with van der Waals surface area (Å²) in [5, 5.41) is 0. The van der Waals surface area contributed by atoms with Gasteiger partial charge in [-0.1, -0.05) is 25.7 Å². The number of Topliss-reactive ketones (excluding diaryl/α,β-unsaturated/α-hetero) is 2. The van der Waals surface area contributed by atoms with Crippen LogP contribution in [0.5, 0.6) is 0 Å². The fourth-order valence-corrected chi connectivity index (χ4v) is 2.71. The molecule has 3 nitrogen and oxygen atoms in total. The van der Waals surface area contributed by atoms with Crippen LogP contribution < -0.4 is 0 Å². The Balaban J connectivity index is 2.35. The number of ketones is 2. The molecule has 0 saturated heterocycles. The molecule has 0 heterocycles. The molecule has 0 radical (unpaired) electrons. The Hall–Kier alpha value is -1.22. The van der Waals surface area contributed by atoms with Crippen molar-refractivity contribution in [2.75, 3.05) is 13.7 Å². The summed E-state index contributed by atoms with van der Waals surface area (Å²) in [4.78, 5) is 24.3. The highest BCUT2D eigenvalue weighted by Gasteiger charge is 2.26. The molecular weight excluding hydrogens is 264 g/mol. The predicted molar refractivity (Wildman–Crippen MR) is 85.3 cm³/mol. The molecule has 0 aromatic carbocycles. The number of allylic oxidation sites excluding steroid dienone is 4. The van der Waals surface area contributed by atoms with Crippen molar-refractivity contribution >= 4 is 11.6 Å². The molecule has 0 unspecified atom stereocenters. The van der Waals surface area contributed by atoms with Crippen molar-refractivity contribution in [3.63, 3.8) is 0 Å². The van der Waals surface area contributed by atoms with Crippen LogP contribution in [-0.2, 0) is 14.3 Å². The average Bonchev–Trinajstić information content (AvgIpc) is 2.49. The molecule has 0 fully saturated rings. The number of ether oxygens (including phenoxy) is 1. The number of rotatable bonds is 9. The maximum atomic E-state index is 12.2. The number of hydrogen-bond acceptors (Lipinski definition) is 3. The lowest BCUT2D eigenvalue weighted by Crippen LogP contribution is -2.20. The van der Waals surface area contributed by atoms with Gasteiger partial charge >= 0.3 is 0 Å². The molecule has 0 atom stereocenters. The lowest BCUT2D eigenvalue weighted by atomic mass is 9.84. The van der Waals surface area contributed by atoms with E-state index in [1.54, 1.807) is 27.9 Å². The minimum absolute atomic E-state index is 0.0432. The van der Waals surface area contributed by atoms with E-state index in [1.165, 1.54) is 19.3 Å². The second-order valence-electron chi connectivity index (χ2n) is 5.88. The number of hydrogen-bond donors (Lipinski definition) is 0. The summed E-state index contributed by atoms with van der Waals surface area (Å²) >= 11 is 0. The Morgan fingerprint density at radius 2 is 1.24 bits per heavy atom. The van der Waals surface area contributed by atoms with E-state index < -0.39 is 0 Å². The third-order valence-electron chi connectivity index (χ3n) is 4.34. The predicted octanol–water partition coefficient (Wildman–Crippen LogP) is 4.17. The van der Waals surface area contributed by atoms with Crippen LogP contribution in [0.25, 0.3) is 0 Å². The second kappa shape index (κ2) is 8.93. The highest BCUT2D eigenvalue weighted by atomic mass is 16.5. The van der Waals surface area contributed by atoms with E-state index in [2.05, 4.69) is 0 Å². The molecular formula is C18H28O3. The van der Waals surface area contributed by atoms with Crippen LogP contribution in [0.3, 0.4) is 0 Å². The Morgan fingerprint density at radius 3 is 1.86 bits per heavy atom. The lowest BCUT2D eigenvalue weighted by Gasteiger charge is -2.18. The topological polar surface area (TPSA) is 43.4 Å². The van der Waals surface area contributed by atoms with Gasteiger partial charge in [-0.25, -0.2) is 0 Å². The van der Waals surface area contributed by atoms with Crippen LogP contribution in [0.2, 0.25) is 0 Å². The molecule has 0 aromatic rings. The van der Waals surface area contributed by atoms with Gasteiger partial charge in [-0.2, -0.15) is 0 Å². The first kappa shape index (κ1) is 17.8. The van der Waals surface area contributed by atoms with Gasteiger partial charge in [-0.05, 0) is 40.0 Å². The first-order valence-corrected chi connectivity index (χ1v) is 7.96. The van der Waals surface area contributed by atoms with Gasteiger partial charge in [-0.15, -0.1) is 0 Å². The third kappa shape index (κ3) is 4.92. The van der Waals surface area contributed by atoms with Gasteiger partial charge in [-0.3, -0.25) is 9.59 Å². The van der Waals surface area contributed by atoms with Gasteiger partial charge in [0.05, 0.1) is 0 Å². The van der Waals surface area contributed by atoms with E-state index >= 15 is 0 Å². The highest BCUT2D eigenvalue weighted by molar-refractivity contribution is 6.24. The minimum Gasteiger partial charge on any atom is -0.385 e. The lowest BCUT2D eigenvalue weighted by molar-refractivity contribution is -0.116. The summed E-state index contributed by atoms with van der Waals surface area (Å²) in [6.07, 6.45) is 7.57. The first-order chi connectivity index (χ1) is 10.0. The zero-order valence-corrected chi connectivity index (χ0v) is 13.9. The molecule has 0 N–H and O–H groups in total. The second-order valence-corrected chi connectivity index (χ2v) is 5.88. The normalized spacial score (nSPS) is 16.2. The quantitative estimate of drug-likeness (QED) is 0.473. The standard InChI is InChI=1S/C18H28O3/c1-13-14(2)18(20)16(15(3)17(13)19)11-9-7-5-6-8-10-12-21-4/h5-12H2,1-4H3. The molecule has 0 spiro atoms. The van der Waals surface area contributed by atoms with Crippen molar-refractivity contribution in [2.24, 2.45) is 0 Å². The Morgan fingerprint density at radius 1 is 0.714 bits per heavy atom. The molecule has 118 valence electrons. The van der Waals surface area contributed by atoms with E-state index in [0.717, 1.165) is 37.9 Å². The SMILES string of the molecule is COCCCCCCCCC1=C(C)C(=O)C(C)=C(C)C1=O. The summed E-state index contributed by atoms with van der Waals surface area (Å²) in [5.41, 5.74) is 2.63. The van der Waals surface area contributed by atoms with Gasteiger partial charge in [0.2, 0.25) is 0 Å². The average molecular weight is 292 g/mol. The summed E-state index contributed by atoms with van der Waals surface area (Å²) in [5.74, 6) is 0.117. The van der Waals surface area contributed by atoms with Crippen LogP contribution in [0.1, 0.15) is 65.7 Å². The largest absolute Gasteiger partial charge is 0.385 e. The Labute approximate surface area is 128 Å². The summed E-state index contributed by atoms with van der Waals surface area (Å²) in [6.45, 7) is 6.14. The molecule has 0 saturated carbocycles. The zero-order chi connectivity index (χ0) is 15.8. The molecule has 0 bridgehead atoms. The van der Waals surface area contributed by atoms with Crippen molar-refractivity contribution in [1.29, 1.82) is 0 Å². The summed E-state index contributed by atoms with van der Waals surface area (Å²) in [6, 6.07) is 0. The van der Waals surface area contributed by atoms with Crippen LogP contribution in [0.15, 0.2) is 22.3 Å².